The Balaban J connectivity index is 1.54. The van der Waals surface area contributed by atoms with E-state index in [0.29, 0.717) is 41.0 Å². The molecule has 1 aliphatic heterocycles. The van der Waals surface area contributed by atoms with Gasteiger partial charge in [0.25, 0.3) is 0 Å². The zero-order chi connectivity index (χ0) is 27.4. The number of nitrogens with one attached hydrogen (secondary N) is 1. The summed E-state index contributed by atoms with van der Waals surface area (Å²) in [7, 11) is 0. The van der Waals surface area contributed by atoms with Crippen LogP contribution >= 0.6 is 0 Å². The molecule has 1 fully saturated rings. The van der Waals surface area contributed by atoms with E-state index in [9.17, 15) is 14.4 Å². The molecule has 1 saturated heterocycles. The number of hydrogen-bond acceptors (Lipinski definition) is 6. The summed E-state index contributed by atoms with van der Waals surface area (Å²) >= 11 is 0. The Bertz CT molecular complexity index is 1470. The fourth-order valence-corrected chi connectivity index (χ4v) is 4.82. The van der Waals surface area contributed by atoms with Crippen molar-refractivity contribution in [3.63, 3.8) is 0 Å². The van der Waals surface area contributed by atoms with E-state index >= 15 is 0 Å². The molecule has 1 aliphatic rings. The minimum atomic E-state index is -0.961. The molecule has 2 heterocycles. The van der Waals surface area contributed by atoms with Gasteiger partial charge in [-0.05, 0) is 68.7 Å². The molecule has 0 radical (unpaired) electrons. The minimum absolute atomic E-state index is 0.0480. The molecule has 9 nitrogen and oxygen atoms in total. The lowest BCUT2D eigenvalue weighted by atomic mass is 10.0. The van der Waals surface area contributed by atoms with Crippen molar-refractivity contribution < 1.29 is 19.1 Å². The van der Waals surface area contributed by atoms with E-state index in [1.807, 2.05) is 55.5 Å². The number of aromatic nitrogens is 3. The molecule has 0 spiro atoms. The van der Waals surface area contributed by atoms with Crippen LogP contribution in [0.4, 0.5) is 5.69 Å². The third kappa shape index (κ3) is 5.88. The normalized spacial score (nSPS) is 15.7. The summed E-state index contributed by atoms with van der Waals surface area (Å²) < 4.78 is 7.23. The highest BCUT2D eigenvalue weighted by Crippen LogP contribution is 2.30. The molecular weight excluding hydrogens is 494 g/mol. The summed E-state index contributed by atoms with van der Waals surface area (Å²) in [6.07, 6.45) is 1.79. The summed E-state index contributed by atoms with van der Waals surface area (Å²) in [4.78, 5) is 41.3. The van der Waals surface area contributed by atoms with Gasteiger partial charge in [0.05, 0.1) is 11.6 Å². The van der Waals surface area contributed by atoms with Gasteiger partial charge in [-0.3, -0.25) is 19.3 Å². The molecule has 4 aromatic rings. The molecule has 0 aliphatic carbocycles. The molecule has 2 atom stereocenters. The smallest absolute Gasteiger partial charge is 0.249 e. The number of carbonyl (C=O) groups is 3. The van der Waals surface area contributed by atoms with Gasteiger partial charge in [0.15, 0.2) is 5.78 Å². The number of ether oxygens (including phenoxy) is 1. The van der Waals surface area contributed by atoms with Crippen LogP contribution in [-0.2, 0) is 20.9 Å². The lowest BCUT2D eigenvalue weighted by Gasteiger charge is -2.32. The number of nitrogens with zero attached hydrogens (tertiary/aromatic N) is 4. The van der Waals surface area contributed by atoms with Gasteiger partial charge in [-0.1, -0.05) is 47.2 Å². The van der Waals surface area contributed by atoms with E-state index in [0.717, 1.165) is 18.4 Å². The van der Waals surface area contributed by atoms with E-state index in [4.69, 9.17) is 4.74 Å². The van der Waals surface area contributed by atoms with E-state index in [1.54, 1.807) is 24.3 Å². The SMILES string of the molecule is CC(=O)c1ccc(N(C(=O)Cn2nnc3ccccc32)[C@@H](C(=O)NC[C@@H]2CCCO2)c2ccc(C)cc2)cc1. The standard InChI is InChI=1S/C30H31N5O4/c1-20-9-11-23(12-10-20)29(30(38)31-18-25-6-5-17-39-25)35(24-15-13-22(14-16-24)21(2)36)28(37)19-34-27-8-4-3-7-26(27)32-33-34/h3-4,7-16,25,29H,5-6,17-19H2,1-2H3,(H,31,38)/t25-,29+/m0/s1. The van der Waals surface area contributed by atoms with Crippen LogP contribution in [0.25, 0.3) is 11.0 Å². The fourth-order valence-electron chi connectivity index (χ4n) is 4.82. The largest absolute Gasteiger partial charge is 0.376 e. The van der Waals surface area contributed by atoms with Gasteiger partial charge in [-0.15, -0.1) is 5.10 Å². The Kier molecular flexibility index (Phi) is 7.79. The maximum absolute atomic E-state index is 14.1. The number of carbonyl (C=O) groups excluding carboxylic acids is 3. The minimum Gasteiger partial charge on any atom is -0.376 e. The number of para-hydroxylation sites is 1. The van der Waals surface area contributed by atoms with Crippen LogP contribution in [0.3, 0.4) is 0 Å². The second-order valence-electron chi connectivity index (χ2n) is 9.80. The van der Waals surface area contributed by atoms with Crippen molar-refractivity contribution in [2.24, 2.45) is 0 Å². The van der Waals surface area contributed by atoms with E-state index in [1.165, 1.54) is 16.5 Å². The first-order chi connectivity index (χ1) is 18.9. The van der Waals surface area contributed by atoms with Crippen molar-refractivity contribution in [3.05, 3.63) is 89.5 Å². The highest BCUT2D eigenvalue weighted by Gasteiger charge is 2.34. The molecule has 200 valence electrons. The first-order valence-electron chi connectivity index (χ1n) is 13.1. The van der Waals surface area contributed by atoms with E-state index in [2.05, 4.69) is 15.6 Å². The van der Waals surface area contributed by atoms with Crippen LogP contribution in [0, 0.1) is 6.92 Å². The predicted molar refractivity (Wildman–Crippen MR) is 147 cm³/mol. The quantitative estimate of drug-likeness (QED) is 0.331. The fraction of sp³-hybridized carbons (Fsp3) is 0.300. The second-order valence-corrected chi connectivity index (χ2v) is 9.80. The lowest BCUT2D eigenvalue weighted by molar-refractivity contribution is -0.127. The molecule has 2 amide bonds. The monoisotopic (exact) mass is 525 g/mol. The first kappa shape index (κ1) is 26.2. The number of ketones is 1. The maximum Gasteiger partial charge on any atom is 0.249 e. The third-order valence-corrected chi connectivity index (χ3v) is 6.95. The number of benzene rings is 3. The maximum atomic E-state index is 14.1. The van der Waals surface area contributed by atoms with Crippen molar-refractivity contribution in [1.82, 2.24) is 20.3 Å². The van der Waals surface area contributed by atoms with Crippen LogP contribution in [0.2, 0.25) is 0 Å². The van der Waals surface area contributed by atoms with E-state index in [-0.39, 0.29) is 30.2 Å². The summed E-state index contributed by atoms with van der Waals surface area (Å²) in [5, 5.41) is 11.4. The molecule has 5 rings (SSSR count). The molecule has 9 heteroatoms. The Morgan fingerprint density at radius 3 is 2.49 bits per heavy atom. The number of anilines is 1. The highest BCUT2D eigenvalue weighted by atomic mass is 16.5. The van der Waals surface area contributed by atoms with Gasteiger partial charge in [-0.2, -0.15) is 0 Å². The number of rotatable bonds is 9. The van der Waals surface area contributed by atoms with Crippen molar-refractivity contribution in [3.8, 4) is 0 Å². The van der Waals surface area contributed by atoms with Crippen LogP contribution in [0.5, 0.6) is 0 Å². The number of amides is 2. The summed E-state index contributed by atoms with van der Waals surface area (Å²) in [5.74, 6) is -0.751. The first-order valence-corrected chi connectivity index (χ1v) is 13.1. The molecule has 0 bridgehead atoms. The van der Waals surface area contributed by atoms with Crippen LogP contribution in [0.15, 0.2) is 72.8 Å². The number of Topliss-reactive ketones (excluding diaryl/α,β-unsaturated/α-hetero) is 1. The van der Waals surface area contributed by atoms with Crippen molar-refractivity contribution in [1.29, 1.82) is 0 Å². The average Bonchev–Trinajstić information content (AvgIpc) is 3.61. The van der Waals surface area contributed by atoms with Gasteiger partial charge < -0.3 is 10.1 Å². The molecule has 39 heavy (non-hydrogen) atoms. The van der Waals surface area contributed by atoms with Gasteiger partial charge >= 0.3 is 0 Å². The van der Waals surface area contributed by atoms with Gasteiger partial charge in [-0.25, -0.2) is 4.68 Å². The third-order valence-electron chi connectivity index (χ3n) is 6.95. The van der Waals surface area contributed by atoms with Gasteiger partial charge in [0, 0.05) is 24.4 Å². The second kappa shape index (κ2) is 11.6. The number of hydrogen-bond donors (Lipinski definition) is 1. The zero-order valence-electron chi connectivity index (χ0n) is 22.0. The summed E-state index contributed by atoms with van der Waals surface area (Å²) in [5.41, 5.74) is 4.10. The Labute approximate surface area is 226 Å². The number of fused-ring (bicyclic) bond motifs is 1. The lowest BCUT2D eigenvalue weighted by Crippen LogP contribution is -2.46. The molecule has 0 saturated carbocycles. The Hall–Kier alpha value is -4.37. The average molecular weight is 526 g/mol. The van der Waals surface area contributed by atoms with Crippen LogP contribution in [-0.4, -0.2) is 51.8 Å². The summed E-state index contributed by atoms with van der Waals surface area (Å²) in [6.45, 7) is 4.37. The molecule has 1 aromatic heterocycles. The molecular formula is C30H31N5O4. The predicted octanol–water partition coefficient (Wildman–Crippen LogP) is 4.01. The summed E-state index contributed by atoms with van der Waals surface area (Å²) in [6, 6.07) is 20.7. The topological polar surface area (TPSA) is 106 Å². The van der Waals surface area contributed by atoms with Crippen molar-refractivity contribution in [2.75, 3.05) is 18.1 Å². The van der Waals surface area contributed by atoms with Crippen LogP contribution in [0.1, 0.15) is 47.3 Å². The van der Waals surface area contributed by atoms with Crippen molar-refractivity contribution in [2.45, 2.75) is 45.4 Å². The van der Waals surface area contributed by atoms with Gasteiger partial charge in [0.2, 0.25) is 11.8 Å². The Morgan fingerprint density at radius 1 is 1.05 bits per heavy atom. The highest BCUT2D eigenvalue weighted by molar-refractivity contribution is 6.02. The zero-order valence-corrected chi connectivity index (χ0v) is 22.0. The molecule has 3 aromatic carbocycles. The van der Waals surface area contributed by atoms with Crippen LogP contribution < -0.4 is 10.2 Å². The Morgan fingerprint density at radius 2 is 1.79 bits per heavy atom. The van der Waals surface area contributed by atoms with E-state index < -0.39 is 6.04 Å². The number of aryl methyl sites for hydroxylation is 1. The van der Waals surface area contributed by atoms with Gasteiger partial charge in [0.1, 0.15) is 18.1 Å². The van der Waals surface area contributed by atoms with Crippen molar-refractivity contribution >= 4 is 34.3 Å². The molecule has 0 unspecified atom stereocenters. The molecule has 1 N–H and O–H groups in total.